The van der Waals surface area contributed by atoms with Gasteiger partial charge in [0.15, 0.2) is 0 Å². The van der Waals surface area contributed by atoms with E-state index in [1.807, 2.05) is 30.3 Å². The number of benzene rings is 1. The normalized spacial score (nSPS) is 17.4. The standard InChI is InChI=1S/C26H31NO8/c1-25(2,3)35-24(30)27-18(16-33-26(27,4)5)12-13-19-14-20(28)21(22(34-19)23(29)31-6)32-15-17-10-8-7-9-11-17/h7-14,18H,15-16H2,1-6H3/b13-12+. The molecule has 1 amide bonds. The number of carbonyl (C=O) groups excluding carboxylic acids is 2. The summed E-state index contributed by atoms with van der Waals surface area (Å²) >= 11 is 0. The average Bonchev–Trinajstić information content (AvgIpc) is 3.09. The molecule has 0 radical (unpaired) electrons. The van der Waals surface area contributed by atoms with Crippen LogP contribution in [0, 0.1) is 0 Å². The maximum atomic E-state index is 12.8. The van der Waals surface area contributed by atoms with Gasteiger partial charge in [-0.1, -0.05) is 36.4 Å². The predicted octanol–water partition coefficient (Wildman–Crippen LogP) is 4.39. The van der Waals surface area contributed by atoms with E-state index in [0.717, 1.165) is 5.56 Å². The molecular formula is C26H31NO8. The minimum atomic E-state index is -0.898. The third-order valence-corrected chi connectivity index (χ3v) is 5.11. The van der Waals surface area contributed by atoms with Gasteiger partial charge in [-0.05, 0) is 46.3 Å². The topological polar surface area (TPSA) is 105 Å². The molecule has 1 aromatic carbocycles. The van der Waals surface area contributed by atoms with Crippen molar-refractivity contribution in [3.05, 3.63) is 69.8 Å². The van der Waals surface area contributed by atoms with Crippen LogP contribution in [0.4, 0.5) is 4.79 Å². The second kappa shape index (κ2) is 10.4. The Morgan fingerprint density at radius 1 is 1.20 bits per heavy atom. The van der Waals surface area contributed by atoms with Crippen molar-refractivity contribution in [3.8, 4) is 5.75 Å². The fraction of sp³-hybridized carbons (Fsp3) is 0.423. The van der Waals surface area contributed by atoms with Crippen LogP contribution in [-0.2, 0) is 20.8 Å². The summed E-state index contributed by atoms with van der Waals surface area (Å²) in [6.07, 6.45) is 2.63. The number of hydrogen-bond donors (Lipinski definition) is 0. The summed E-state index contributed by atoms with van der Waals surface area (Å²) in [6, 6.07) is 9.92. The highest BCUT2D eigenvalue weighted by Crippen LogP contribution is 2.30. The lowest BCUT2D eigenvalue weighted by atomic mass is 10.2. The molecule has 1 atom stereocenters. The summed E-state index contributed by atoms with van der Waals surface area (Å²) in [4.78, 5) is 39.4. The van der Waals surface area contributed by atoms with Crippen LogP contribution in [-0.4, -0.2) is 48.0 Å². The van der Waals surface area contributed by atoms with Crippen LogP contribution >= 0.6 is 0 Å². The lowest BCUT2D eigenvalue weighted by Crippen LogP contribution is -2.49. The van der Waals surface area contributed by atoms with Crippen LogP contribution < -0.4 is 10.2 Å². The van der Waals surface area contributed by atoms with E-state index >= 15 is 0 Å². The molecule has 1 aliphatic rings. The first-order chi connectivity index (χ1) is 16.4. The third kappa shape index (κ3) is 6.51. The molecule has 0 saturated carbocycles. The zero-order valence-electron chi connectivity index (χ0n) is 20.8. The summed E-state index contributed by atoms with van der Waals surface area (Å²) < 4.78 is 27.3. The summed E-state index contributed by atoms with van der Waals surface area (Å²) in [5.41, 5.74) is -1.30. The number of ether oxygens (including phenoxy) is 4. The maximum Gasteiger partial charge on any atom is 0.413 e. The van der Waals surface area contributed by atoms with E-state index in [-0.39, 0.29) is 30.5 Å². The smallest absolute Gasteiger partial charge is 0.413 e. The molecule has 1 aliphatic heterocycles. The van der Waals surface area contributed by atoms with Crippen LogP contribution in [0.1, 0.15) is 56.5 Å². The van der Waals surface area contributed by atoms with E-state index in [2.05, 4.69) is 0 Å². The molecule has 188 valence electrons. The van der Waals surface area contributed by atoms with Crippen molar-refractivity contribution < 1.29 is 33.0 Å². The molecule has 9 nitrogen and oxygen atoms in total. The second-order valence-electron chi connectivity index (χ2n) is 9.47. The van der Waals surface area contributed by atoms with Gasteiger partial charge in [-0.3, -0.25) is 9.69 Å². The van der Waals surface area contributed by atoms with Crippen LogP contribution in [0.3, 0.4) is 0 Å². The van der Waals surface area contributed by atoms with Gasteiger partial charge in [-0.2, -0.15) is 0 Å². The molecule has 0 aliphatic carbocycles. The highest BCUT2D eigenvalue weighted by Gasteiger charge is 2.44. The molecule has 0 spiro atoms. The van der Waals surface area contributed by atoms with E-state index in [1.54, 1.807) is 40.7 Å². The van der Waals surface area contributed by atoms with Crippen molar-refractivity contribution in [3.63, 3.8) is 0 Å². The first kappa shape index (κ1) is 26.0. The van der Waals surface area contributed by atoms with E-state index in [4.69, 9.17) is 23.4 Å². The fourth-order valence-corrected chi connectivity index (χ4v) is 3.52. The Morgan fingerprint density at radius 3 is 2.51 bits per heavy atom. The van der Waals surface area contributed by atoms with Crippen molar-refractivity contribution >= 4 is 18.1 Å². The largest absolute Gasteiger partial charge is 0.481 e. The number of amides is 1. The molecule has 3 rings (SSSR count). The molecule has 2 heterocycles. The first-order valence-electron chi connectivity index (χ1n) is 11.2. The van der Waals surface area contributed by atoms with Crippen molar-refractivity contribution in [1.82, 2.24) is 4.90 Å². The molecule has 0 N–H and O–H groups in total. The Bertz CT molecular complexity index is 1140. The summed E-state index contributed by atoms with van der Waals surface area (Å²) in [5.74, 6) is -1.33. The first-order valence-corrected chi connectivity index (χ1v) is 11.2. The van der Waals surface area contributed by atoms with Gasteiger partial charge >= 0.3 is 12.1 Å². The maximum absolute atomic E-state index is 12.8. The van der Waals surface area contributed by atoms with E-state index < -0.39 is 34.9 Å². The molecule has 1 unspecified atom stereocenters. The summed E-state index contributed by atoms with van der Waals surface area (Å²) in [5, 5.41) is 0. The highest BCUT2D eigenvalue weighted by atomic mass is 16.6. The van der Waals surface area contributed by atoms with Crippen molar-refractivity contribution in [2.75, 3.05) is 13.7 Å². The Labute approximate surface area is 204 Å². The molecule has 1 saturated heterocycles. The van der Waals surface area contributed by atoms with Crippen molar-refractivity contribution in [2.24, 2.45) is 0 Å². The lowest BCUT2D eigenvalue weighted by Gasteiger charge is -2.34. The summed E-state index contributed by atoms with van der Waals surface area (Å²) in [7, 11) is 1.18. The number of carbonyl (C=O) groups is 2. The van der Waals surface area contributed by atoms with Gasteiger partial charge in [-0.15, -0.1) is 0 Å². The quantitative estimate of drug-likeness (QED) is 0.555. The van der Waals surface area contributed by atoms with Gasteiger partial charge < -0.3 is 23.4 Å². The van der Waals surface area contributed by atoms with E-state index in [9.17, 15) is 14.4 Å². The second-order valence-corrected chi connectivity index (χ2v) is 9.47. The Morgan fingerprint density at radius 2 is 1.89 bits per heavy atom. The molecule has 35 heavy (non-hydrogen) atoms. The average molecular weight is 486 g/mol. The molecule has 9 heteroatoms. The van der Waals surface area contributed by atoms with Crippen LogP contribution in [0.5, 0.6) is 5.75 Å². The number of nitrogens with zero attached hydrogens (tertiary/aromatic N) is 1. The molecule has 0 bridgehead atoms. The fourth-order valence-electron chi connectivity index (χ4n) is 3.52. The van der Waals surface area contributed by atoms with Gasteiger partial charge in [0.2, 0.25) is 11.2 Å². The zero-order valence-corrected chi connectivity index (χ0v) is 20.8. The monoisotopic (exact) mass is 485 g/mol. The van der Waals surface area contributed by atoms with E-state index in [0.29, 0.717) is 0 Å². The van der Waals surface area contributed by atoms with Gasteiger partial charge in [0, 0.05) is 6.07 Å². The Kier molecular flexibility index (Phi) is 7.70. The zero-order chi connectivity index (χ0) is 25.8. The molecule has 2 aromatic rings. The Hall–Kier alpha value is -3.59. The number of methoxy groups -OCH3 is 1. The SMILES string of the molecule is COC(=O)c1oc(/C=C/C2COC(C)(C)N2C(=O)OC(C)(C)C)cc(=O)c1OCc1ccccc1. The molecule has 1 aromatic heterocycles. The summed E-state index contributed by atoms with van der Waals surface area (Å²) in [6.45, 7) is 9.16. The molecular weight excluding hydrogens is 454 g/mol. The van der Waals surface area contributed by atoms with E-state index in [1.165, 1.54) is 24.2 Å². The highest BCUT2D eigenvalue weighted by molar-refractivity contribution is 5.89. The van der Waals surface area contributed by atoms with Crippen molar-refractivity contribution in [1.29, 1.82) is 0 Å². The number of rotatable bonds is 6. The third-order valence-electron chi connectivity index (χ3n) is 5.11. The number of hydrogen-bond acceptors (Lipinski definition) is 8. The van der Waals surface area contributed by atoms with Gasteiger partial charge in [0.05, 0.1) is 19.8 Å². The molecule has 1 fully saturated rings. The predicted molar refractivity (Wildman–Crippen MR) is 128 cm³/mol. The van der Waals surface area contributed by atoms with Gasteiger partial charge in [-0.25, -0.2) is 9.59 Å². The van der Waals surface area contributed by atoms with Gasteiger partial charge in [0.25, 0.3) is 5.76 Å². The minimum Gasteiger partial charge on any atom is -0.481 e. The van der Waals surface area contributed by atoms with Crippen LogP contribution in [0.2, 0.25) is 0 Å². The Balaban J connectivity index is 1.87. The minimum absolute atomic E-state index is 0.0735. The lowest BCUT2D eigenvalue weighted by molar-refractivity contribution is -0.0610. The van der Waals surface area contributed by atoms with Crippen LogP contribution in [0.25, 0.3) is 6.08 Å². The number of esters is 1. The van der Waals surface area contributed by atoms with Gasteiger partial charge in [0.1, 0.15) is 23.7 Å². The van der Waals surface area contributed by atoms with Crippen molar-refractivity contribution in [2.45, 2.75) is 58.6 Å². The van der Waals surface area contributed by atoms with Crippen LogP contribution in [0.15, 0.2) is 51.7 Å².